The molecule has 0 atom stereocenters. The van der Waals surface area contributed by atoms with Gasteiger partial charge in [0, 0.05) is 36.3 Å². The Morgan fingerprint density at radius 1 is 0.871 bits per heavy atom. The van der Waals surface area contributed by atoms with Gasteiger partial charge in [0.1, 0.15) is 11.5 Å². The first-order valence-electron chi connectivity index (χ1n) is 10.4. The molecule has 1 N–H and O–H groups in total. The third-order valence-corrected chi connectivity index (χ3v) is 5.77. The van der Waals surface area contributed by atoms with Crippen molar-refractivity contribution in [3.05, 3.63) is 66.2 Å². The quantitative estimate of drug-likeness (QED) is 0.669. The molecule has 1 saturated heterocycles. The first-order chi connectivity index (χ1) is 15.1. The molecule has 1 heterocycles. The van der Waals surface area contributed by atoms with Crippen LogP contribution in [0.25, 0.3) is 10.8 Å². The average molecular weight is 418 g/mol. The molecule has 6 heteroatoms. The van der Waals surface area contributed by atoms with Gasteiger partial charge in [-0.25, -0.2) is 0 Å². The molecule has 0 saturated carbocycles. The van der Waals surface area contributed by atoms with E-state index in [-0.39, 0.29) is 17.7 Å². The highest BCUT2D eigenvalue weighted by atomic mass is 16.5. The fourth-order valence-corrected chi connectivity index (χ4v) is 3.97. The van der Waals surface area contributed by atoms with Crippen molar-refractivity contribution >= 4 is 28.3 Å². The minimum absolute atomic E-state index is 0.00503. The van der Waals surface area contributed by atoms with Crippen LogP contribution in [0.15, 0.2) is 60.7 Å². The lowest BCUT2D eigenvalue weighted by Crippen LogP contribution is -2.41. The van der Waals surface area contributed by atoms with E-state index < -0.39 is 0 Å². The smallest absolute Gasteiger partial charge is 0.254 e. The molecule has 0 radical (unpaired) electrons. The highest BCUT2D eigenvalue weighted by Gasteiger charge is 2.28. The summed E-state index contributed by atoms with van der Waals surface area (Å²) in [6, 6.07) is 19.1. The molecule has 0 bridgehead atoms. The number of carbonyl (C=O) groups excluding carboxylic acids is 2. The first kappa shape index (κ1) is 20.7. The van der Waals surface area contributed by atoms with E-state index in [9.17, 15) is 9.59 Å². The third-order valence-electron chi connectivity index (χ3n) is 5.77. The molecule has 4 rings (SSSR count). The summed E-state index contributed by atoms with van der Waals surface area (Å²) < 4.78 is 10.5. The van der Waals surface area contributed by atoms with E-state index in [4.69, 9.17) is 9.47 Å². The number of piperidine rings is 1. The summed E-state index contributed by atoms with van der Waals surface area (Å²) in [5.74, 6) is 0.964. The van der Waals surface area contributed by atoms with Crippen LogP contribution in [0.4, 0.5) is 5.69 Å². The lowest BCUT2D eigenvalue weighted by molar-refractivity contribution is -0.121. The van der Waals surface area contributed by atoms with E-state index in [0.717, 1.165) is 16.5 Å². The molecule has 0 unspecified atom stereocenters. The number of anilines is 1. The Hall–Kier alpha value is -3.54. The predicted molar refractivity (Wildman–Crippen MR) is 121 cm³/mol. The second-order valence-electron chi connectivity index (χ2n) is 7.72. The number of likely N-dealkylation sites (tertiary alicyclic amines) is 1. The van der Waals surface area contributed by atoms with Crippen LogP contribution in [-0.4, -0.2) is 44.0 Å². The van der Waals surface area contributed by atoms with Crippen LogP contribution in [0.2, 0.25) is 0 Å². The zero-order chi connectivity index (χ0) is 21.8. The number of hydrogen-bond acceptors (Lipinski definition) is 4. The van der Waals surface area contributed by atoms with E-state index in [2.05, 4.69) is 5.32 Å². The molecule has 160 valence electrons. The van der Waals surface area contributed by atoms with Crippen molar-refractivity contribution in [3.8, 4) is 11.5 Å². The molecule has 31 heavy (non-hydrogen) atoms. The van der Waals surface area contributed by atoms with Gasteiger partial charge in [-0.15, -0.1) is 0 Å². The Kier molecular flexibility index (Phi) is 6.07. The van der Waals surface area contributed by atoms with Crippen molar-refractivity contribution in [2.24, 2.45) is 5.92 Å². The Balaban J connectivity index is 1.37. The lowest BCUT2D eigenvalue weighted by atomic mass is 9.95. The van der Waals surface area contributed by atoms with Gasteiger partial charge in [0.2, 0.25) is 5.91 Å². The molecule has 1 aliphatic heterocycles. The number of nitrogens with one attached hydrogen (secondary N) is 1. The van der Waals surface area contributed by atoms with E-state index in [0.29, 0.717) is 43.0 Å². The topological polar surface area (TPSA) is 67.9 Å². The minimum Gasteiger partial charge on any atom is -0.497 e. The number of rotatable bonds is 5. The normalized spacial score (nSPS) is 14.3. The first-order valence-corrected chi connectivity index (χ1v) is 10.4. The van der Waals surface area contributed by atoms with Gasteiger partial charge in [-0.05, 0) is 47.9 Å². The van der Waals surface area contributed by atoms with E-state index in [1.54, 1.807) is 37.3 Å². The van der Waals surface area contributed by atoms with Gasteiger partial charge >= 0.3 is 0 Å². The number of fused-ring (bicyclic) bond motifs is 1. The standard InChI is InChI=1S/C25H26N2O4/c1-30-22-14-20(15-23(16-22)31-2)25(29)27-11-9-18(10-12-27)24(28)26-21-8-7-17-5-3-4-6-19(17)13-21/h3-8,13-16,18H,9-12H2,1-2H3,(H,26,28). The van der Waals surface area contributed by atoms with Crippen LogP contribution >= 0.6 is 0 Å². The van der Waals surface area contributed by atoms with Gasteiger partial charge in [0.15, 0.2) is 0 Å². The summed E-state index contributed by atoms with van der Waals surface area (Å²) in [5, 5.41) is 5.27. The maximum absolute atomic E-state index is 12.9. The number of amides is 2. The summed E-state index contributed by atoms with van der Waals surface area (Å²) >= 11 is 0. The van der Waals surface area contributed by atoms with Crippen molar-refractivity contribution in [2.45, 2.75) is 12.8 Å². The molecule has 1 aliphatic rings. The van der Waals surface area contributed by atoms with Gasteiger partial charge in [0.05, 0.1) is 14.2 Å². The van der Waals surface area contributed by atoms with Crippen LogP contribution in [0.1, 0.15) is 23.2 Å². The summed E-state index contributed by atoms with van der Waals surface area (Å²) in [6.07, 6.45) is 1.26. The lowest BCUT2D eigenvalue weighted by Gasteiger charge is -2.31. The van der Waals surface area contributed by atoms with Gasteiger partial charge < -0.3 is 19.7 Å². The fourth-order valence-electron chi connectivity index (χ4n) is 3.97. The minimum atomic E-state index is -0.115. The molecular formula is C25H26N2O4. The monoisotopic (exact) mass is 418 g/mol. The van der Waals surface area contributed by atoms with Gasteiger partial charge in [-0.3, -0.25) is 9.59 Å². The summed E-state index contributed by atoms with van der Waals surface area (Å²) in [4.78, 5) is 27.5. The number of benzene rings is 3. The van der Waals surface area contributed by atoms with E-state index in [1.807, 2.05) is 42.5 Å². The fraction of sp³-hybridized carbons (Fsp3) is 0.280. The molecule has 0 aliphatic carbocycles. The Morgan fingerprint density at radius 2 is 1.52 bits per heavy atom. The van der Waals surface area contributed by atoms with Crippen LogP contribution < -0.4 is 14.8 Å². The highest BCUT2D eigenvalue weighted by Crippen LogP contribution is 2.26. The Morgan fingerprint density at radius 3 is 2.16 bits per heavy atom. The van der Waals surface area contributed by atoms with Crippen molar-refractivity contribution in [2.75, 3.05) is 32.6 Å². The molecular weight excluding hydrogens is 392 g/mol. The number of carbonyl (C=O) groups is 2. The summed E-state index contributed by atoms with van der Waals surface area (Å²) in [7, 11) is 3.12. The van der Waals surface area contributed by atoms with Crippen molar-refractivity contribution in [3.63, 3.8) is 0 Å². The number of ether oxygens (including phenoxy) is 2. The molecule has 0 aromatic heterocycles. The zero-order valence-electron chi connectivity index (χ0n) is 17.8. The molecule has 2 amide bonds. The molecule has 1 fully saturated rings. The maximum Gasteiger partial charge on any atom is 0.254 e. The summed E-state index contributed by atoms with van der Waals surface area (Å²) in [6.45, 7) is 1.07. The van der Waals surface area contributed by atoms with Crippen LogP contribution in [0.3, 0.4) is 0 Å². The van der Waals surface area contributed by atoms with Gasteiger partial charge in [0.25, 0.3) is 5.91 Å². The Labute approximate surface area is 181 Å². The van der Waals surface area contributed by atoms with E-state index in [1.165, 1.54) is 0 Å². The van der Waals surface area contributed by atoms with Crippen LogP contribution in [-0.2, 0) is 4.79 Å². The maximum atomic E-state index is 12.9. The highest BCUT2D eigenvalue weighted by molar-refractivity contribution is 5.97. The number of hydrogen-bond donors (Lipinski definition) is 1. The molecule has 3 aromatic rings. The SMILES string of the molecule is COc1cc(OC)cc(C(=O)N2CCC(C(=O)Nc3ccc4ccccc4c3)CC2)c1. The van der Waals surface area contributed by atoms with Crippen molar-refractivity contribution < 1.29 is 19.1 Å². The zero-order valence-corrected chi connectivity index (χ0v) is 17.8. The van der Waals surface area contributed by atoms with Crippen molar-refractivity contribution in [1.29, 1.82) is 0 Å². The number of methoxy groups -OCH3 is 2. The summed E-state index contributed by atoms with van der Waals surface area (Å²) in [5.41, 5.74) is 1.32. The average Bonchev–Trinajstić information content (AvgIpc) is 2.83. The second kappa shape index (κ2) is 9.08. The number of nitrogens with zero attached hydrogens (tertiary/aromatic N) is 1. The van der Waals surface area contributed by atoms with E-state index >= 15 is 0 Å². The second-order valence-corrected chi connectivity index (χ2v) is 7.72. The van der Waals surface area contributed by atoms with Gasteiger partial charge in [-0.2, -0.15) is 0 Å². The van der Waals surface area contributed by atoms with Crippen LogP contribution in [0, 0.1) is 5.92 Å². The molecule has 6 nitrogen and oxygen atoms in total. The Bertz CT molecular complexity index is 1080. The van der Waals surface area contributed by atoms with Gasteiger partial charge in [-0.1, -0.05) is 30.3 Å². The van der Waals surface area contributed by atoms with Crippen LogP contribution in [0.5, 0.6) is 11.5 Å². The third kappa shape index (κ3) is 4.63. The predicted octanol–water partition coefficient (Wildman–Crippen LogP) is 4.35. The largest absolute Gasteiger partial charge is 0.497 e. The molecule has 3 aromatic carbocycles. The molecule has 0 spiro atoms. The van der Waals surface area contributed by atoms with Crippen molar-refractivity contribution in [1.82, 2.24) is 4.90 Å².